The van der Waals surface area contributed by atoms with E-state index in [0.717, 1.165) is 11.4 Å². The topological polar surface area (TPSA) is 90.7 Å². The van der Waals surface area contributed by atoms with Crippen molar-refractivity contribution >= 4 is 11.8 Å². The summed E-state index contributed by atoms with van der Waals surface area (Å²) in [5, 5.41) is 0. The van der Waals surface area contributed by atoms with Crippen molar-refractivity contribution in [2.24, 2.45) is 0 Å². The average molecular weight is 201 g/mol. The minimum absolute atomic E-state index is 0.195. The van der Waals surface area contributed by atoms with Gasteiger partial charge in [-0.05, 0) is 12.1 Å². The lowest BCUT2D eigenvalue weighted by molar-refractivity contribution is 0.997. The Kier molecular flexibility index (Phi) is 2.45. The molecule has 0 aromatic carbocycles. The van der Waals surface area contributed by atoms with Crippen LogP contribution < -0.4 is 11.5 Å². The Bertz CT molecular complexity index is 434. The number of pyridine rings is 1. The van der Waals surface area contributed by atoms with Gasteiger partial charge in [-0.15, -0.1) is 0 Å². The summed E-state index contributed by atoms with van der Waals surface area (Å²) in [6, 6.07) is 7.42. The third-order valence-electron chi connectivity index (χ3n) is 1.90. The lowest BCUT2D eigenvalue weighted by Gasteiger charge is -2.02. The Morgan fingerprint density at radius 2 is 1.93 bits per heavy atom. The molecule has 0 saturated heterocycles. The summed E-state index contributed by atoms with van der Waals surface area (Å²) in [4.78, 5) is 12.1. The highest BCUT2D eigenvalue weighted by molar-refractivity contribution is 5.36. The Balaban J connectivity index is 2.25. The Labute approximate surface area is 87.2 Å². The Morgan fingerprint density at radius 1 is 1.07 bits per heavy atom. The third kappa shape index (κ3) is 2.40. The van der Waals surface area contributed by atoms with Gasteiger partial charge in [-0.3, -0.25) is 4.98 Å². The molecule has 5 heteroatoms. The number of aromatic nitrogens is 3. The first-order valence-electron chi connectivity index (χ1n) is 4.53. The van der Waals surface area contributed by atoms with Gasteiger partial charge in [-0.2, -0.15) is 4.98 Å². The smallest absolute Gasteiger partial charge is 0.222 e. The summed E-state index contributed by atoms with van der Waals surface area (Å²) in [5.74, 6) is 0.578. The first-order chi connectivity index (χ1) is 7.24. The van der Waals surface area contributed by atoms with Crippen molar-refractivity contribution in [3.63, 3.8) is 0 Å². The van der Waals surface area contributed by atoms with E-state index >= 15 is 0 Å². The first kappa shape index (κ1) is 9.39. The SMILES string of the molecule is Nc1cc(Cc2ccccn2)nc(N)n1. The van der Waals surface area contributed by atoms with E-state index in [1.54, 1.807) is 12.3 Å². The van der Waals surface area contributed by atoms with E-state index in [1.807, 2.05) is 18.2 Å². The molecule has 2 heterocycles. The van der Waals surface area contributed by atoms with Crippen LogP contribution in [0.3, 0.4) is 0 Å². The summed E-state index contributed by atoms with van der Waals surface area (Å²) < 4.78 is 0. The zero-order valence-electron chi connectivity index (χ0n) is 8.09. The molecule has 5 nitrogen and oxygen atoms in total. The second-order valence-corrected chi connectivity index (χ2v) is 3.14. The van der Waals surface area contributed by atoms with Crippen LogP contribution in [0.15, 0.2) is 30.5 Å². The molecule has 2 aromatic rings. The normalized spacial score (nSPS) is 10.1. The highest BCUT2D eigenvalue weighted by Gasteiger charge is 2.01. The van der Waals surface area contributed by atoms with E-state index in [0.29, 0.717) is 12.2 Å². The van der Waals surface area contributed by atoms with E-state index < -0.39 is 0 Å². The predicted octanol–water partition coefficient (Wildman–Crippen LogP) is 0.627. The Hall–Kier alpha value is -2.17. The van der Waals surface area contributed by atoms with Crippen molar-refractivity contribution in [3.05, 3.63) is 41.9 Å². The van der Waals surface area contributed by atoms with Crippen LogP contribution in [-0.4, -0.2) is 15.0 Å². The minimum Gasteiger partial charge on any atom is -0.384 e. The molecule has 76 valence electrons. The molecule has 0 saturated carbocycles. The van der Waals surface area contributed by atoms with Crippen molar-refractivity contribution in [1.82, 2.24) is 15.0 Å². The molecular formula is C10H11N5. The largest absolute Gasteiger partial charge is 0.384 e. The van der Waals surface area contributed by atoms with Crippen molar-refractivity contribution < 1.29 is 0 Å². The number of nitrogen functional groups attached to an aromatic ring is 2. The van der Waals surface area contributed by atoms with E-state index in [4.69, 9.17) is 11.5 Å². The molecule has 0 atom stereocenters. The fraction of sp³-hybridized carbons (Fsp3) is 0.100. The summed E-state index contributed by atoms with van der Waals surface area (Å²) in [6.45, 7) is 0. The summed E-state index contributed by atoms with van der Waals surface area (Å²) in [6.07, 6.45) is 2.35. The minimum atomic E-state index is 0.195. The molecule has 0 amide bonds. The summed E-state index contributed by atoms with van der Waals surface area (Å²) >= 11 is 0. The van der Waals surface area contributed by atoms with Crippen molar-refractivity contribution in [1.29, 1.82) is 0 Å². The van der Waals surface area contributed by atoms with Crippen LogP contribution in [0.2, 0.25) is 0 Å². The van der Waals surface area contributed by atoms with E-state index in [9.17, 15) is 0 Å². The molecule has 0 aliphatic carbocycles. The summed E-state index contributed by atoms with van der Waals surface area (Å²) in [7, 11) is 0. The molecule has 0 radical (unpaired) electrons. The predicted molar refractivity (Wildman–Crippen MR) is 57.9 cm³/mol. The molecule has 0 aliphatic rings. The zero-order valence-corrected chi connectivity index (χ0v) is 8.09. The van der Waals surface area contributed by atoms with Crippen LogP contribution in [0.25, 0.3) is 0 Å². The number of nitrogens with two attached hydrogens (primary N) is 2. The second-order valence-electron chi connectivity index (χ2n) is 3.14. The van der Waals surface area contributed by atoms with Gasteiger partial charge in [0, 0.05) is 24.4 Å². The van der Waals surface area contributed by atoms with Crippen LogP contribution in [0.1, 0.15) is 11.4 Å². The molecule has 0 fully saturated rings. The molecule has 2 aromatic heterocycles. The van der Waals surface area contributed by atoms with Crippen LogP contribution >= 0.6 is 0 Å². The van der Waals surface area contributed by atoms with E-state index in [-0.39, 0.29) is 5.95 Å². The van der Waals surface area contributed by atoms with Gasteiger partial charge in [0.15, 0.2) is 0 Å². The number of hydrogen-bond donors (Lipinski definition) is 2. The zero-order chi connectivity index (χ0) is 10.7. The van der Waals surface area contributed by atoms with Gasteiger partial charge in [0.1, 0.15) is 5.82 Å². The van der Waals surface area contributed by atoms with Gasteiger partial charge in [0.2, 0.25) is 5.95 Å². The van der Waals surface area contributed by atoms with Gasteiger partial charge in [0.05, 0.1) is 5.69 Å². The quantitative estimate of drug-likeness (QED) is 0.743. The number of nitrogens with zero attached hydrogens (tertiary/aromatic N) is 3. The first-order valence-corrected chi connectivity index (χ1v) is 4.53. The molecule has 0 unspecified atom stereocenters. The molecule has 15 heavy (non-hydrogen) atoms. The van der Waals surface area contributed by atoms with Gasteiger partial charge >= 0.3 is 0 Å². The summed E-state index contributed by atoms with van der Waals surface area (Å²) in [5.41, 5.74) is 12.8. The van der Waals surface area contributed by atoms with Gasteiger partial charge in [0.25, 0.3) is 0 Å². The van der Waals surface area contributed by atoms with Crippen LogP contribution in [-0.2, 0) is 6.42 Å². The maximum atomic E-state index is 5.56. The maximum Gasteiger partial charge on any atom is 0.222 e. The van der Waals surface area contributed by atoms with Gasteiger partial charge in [-0.25, -0.2) is 4.98 Å². The Morgan fingerprint density at radius 3 is 2.60 bits per heavy atom. The van der Waals surface area contributed by atoms with Crippen LogP contribution in [0.5, 0.6) is 0 Å². The van der Waals surface area contributed by atoms with Crippen molar-refractivity contribution in [3.8, 4) is 0 Å². The maximum absolute atomic E-state index is 5.56. The number of rotatable bonds is 2. The van der Waals surface area contributed by atoms with Crippen molar-refractivity contribution in [2.75, 3.05) is 11.5 Å². The highest BCUT2D eigenvalue weighted by Crippen LogP contribution is 2.08. The molecule has 0 aliphatic heterocycles. The average Bonchev–Trinajstić information content (AvgIpc) is 2.17. The fourth-order valence-electron chi connectivity index (χ4n) is 1.32. The number of anilines is 2. The third-order valence-corrected chi connectivity index (χ3v) is 1.90. The lowest BCUT2D eigenvalue weighted by atomic mass is 10.2. The number of hydrogen-bond acceptors (Lipinski definition) is 5. The van der Waals surface area contributed by atoms with Crippen molar-refractivity contribution in [2.45, 2.75) is 6.42 Å². The molecule has 0 spiro atoms. The fourth-order valence-corrected chi connectivity index (χ4v) is 1.32. The molecule has 0 bridgehead atoms. The highest BCUT2D eigenvalue weighted by atomic mass is 15.0. The van der Waals surface area contributed by atoms with E-state index in [2.05, 4.69) is 15.0 Å². The molecular weight excluding hydrogens is 190 g/mol. The van der Waals surface area contributed by atoms with Crippen LogP contribution in [0, 0.1) is 0 Å². The van der Waals surface area contributed by atoms with Gasteiger partial charge < -0.3 is 11.5 Å². The van der Waals surface area contributed by atoms with E-state index in [1.165, 1.54) is 0 Å². The second kappa shape index (κ2) is 3.91. The molecule has 4 N–H and O–H groups in total. The lowest BCUT2D eigenvalue weighted by Crippen LogP contribution is -2.03. The van der Waals surface area contributed by atoms with Crippen LogP contribution in [0.4, 0.5) is 11.8 Å². The monoisotopic (exact) mass is 201 g/mol. The standard InChI is InChI=1S/C10H11N5/c11-9-6-8(14-10(12)15-9)5-7-3-1-2-4-13-7/h1-4,6H,5H2,(H4,11,12,14,15). The van der Waals surface area contributed by atoms with Gasteiger partial charge in [-0.1, -0.05) is 6.07 Å². The molecule has 2 rings (SSSR count).